The van der Waals surface area contributed by atoms with Crippen LogP contribution in [0.2, 0.25) is 5.02 Å². The van der Waals surface area contributed by atoms with Gasteiger partial charge in [-0.05, 0) is 41.8 Å². The fraction of sp³-hybridized carbons (Fsp3) is 0. The summed E-state index contributed by atoms with van der Waals surface area (Å²) in [6, 6.07) is 16.2. The van der Waals surface area contributed by atoms with Gasteiger partial charge in [-0.25, -0.2) is 0 Å². The molecule has 19 heavy (non-hydrogen) atoms. The maximum absolute atomic E-state index is 12.5. The number of fused-ring (bicyclic) bond motifs is 1. The molecule has 0 spiro atoms. The highest BCUT2D eigenvalue weighted by molar-refractivity contribution is 6.30. The zero-order valence-electron chi connectivity index (χ0n) is 10.0. The van der Waals surface area contributed by atoms with Crippen LogP contribution < -0.4 is 11.3 Å². The monoisotopic (exact) mass is 270 g/mol. The van der Waals surface area contributed by atoms with Crippen LogP contribution in [0.15, 0.2) is 59.4 Å². The summed E-state index contributed by atoms with van der Waals surface area (Å²) in [6.45, 7) is 0. The van der Waals surface area contributed by atoms with E-state index in [1.54, 1.807) is 36.4 Å². The Morgan fingerprint density at radius 3 is 2.42 bits per heavy atom. The average Bonchev–Trinajstić information content (AvgIpc) is 2.41. The first kappa shape index (κ1) is 11.8. The van der Waals surface area contributed by atoms with Crippen molar-refractivity contribution in [2.45, 2.75) is 0 Å². The largest absolute Gasteiger partial charge is 0.385 e. The van der Waals surface area contributed by atoms with Crippen LogP contribution >= 0.6 is 11.6 Å². The first-order valence-corrected chi connectivity index (χ1v) is 6.21. The minimum absolute atomic E-state index is 0.127. The van der Waals surface area contributed by atoms with Crippen molar-refractivity contribution in [3.63, 3.8) is 0 Å². The van der Waals surface area contributed by atoms with E-state index in [1.165, 1.54) is 4.57 Å². The molecule has 2 aromatic carbocycles. The third-order valence-corrected chi connectivity index (χ3v) is 3.29. The van der Waals surface area contributed by atoms with Crippen LogP contribution in [0.4, 0.5) is 5.82 Å². The van der Waals surface area contributed by atoms with E-state index in [-0.39, 0.29) is 5.56 Å². The van der Waals surface area contributed by atoms with Crippen LogP contribution in [0, 0.1) is 0 Å². The lowest BCUT2D eigenvalue weighted by Gasteiger charge is -2.11. The predicted molar refractivity (Wildman–Crippen MR) is 79.0 cm³/mol. The number of nitrogen functional groups attached to an aromatic ring is 1. The van der Waals surface area contributed by atoms with E-state index >= 15 is 0 Å². The van der Waals surface area contributed by atoms with Gasteiger partial charge in [-0.1, -0.05) is 29.8 Å². The minimum atomic E-state index is -0.127. The van der Waals surface area contributed by atoms with Crippen molar-refractivity contribution in [3.05, 3.63) is 70.0 Å². The number of halogens is 1. The van der Waals surface area contributed by atoms with Gasteiger partial charge in [0.05, 0.1) is 5.69 Å². The molecule has 0 aliphatic heterocycles. The standard InChI is InChI=1S/C15H11ClN2O/c16-11-5-7-12(8-6-11)18-14(17)9-10-3-1-2-4-13(10)15(18)19/h1-9H,17H2. The van der Waals surface area contributed by atoms with Crippen molar-refractivity contribution in [3.8, 4) is 5.69 Å². The number of pyridine rings is 1. The molecule has 94 valence electrons. The molecule has 0 atom stereocenters. The third kappa shape index (κ3) is 1.98. The number of nitrogens with zero attached hydrogens (tertiary/aromatic N) is 1. The molecule has 3 aromatic rings. The van der Waals surface area contributed by atoms with Crippen LogP contribution in [0.25, 0.3) is 16.5 Å². The van der Waals surface area contributed by atoms with Crippen LogP contribution in [0.3, 0.4) is 0 Å². The van der Waals surface area contributed by atoms with Crippen molar-refractivity contribution in [2.75, 3.05) is 5.73 Å². The second-order valence-electron chi connectivity index (χ2n) is 4.27. The van der Waals surface area contributed by atoms with Crippen molar-refractivity contribution < 1.29 is 0 Å². The Hall–Kier alpha value is -2.26. The maximum Gasteiger partial charge on any atom is 0.264 e. The van der Waals surface area contributed by atoms with E-state index < -0.39 is 0 Å². The Bertz CT molecular complexity index is 806. The fourth-order valence-corrected chi connectivity index (χ4v) is 2.26. The number of benzene rings is 2. The minimum Gasteiger partial charge on any atom is -0.385 e. The van der Waals surface area contributed by atoms with Gasteiger partial charge in [-0.3, -0.25) is 9.36 Å². The summed E-state index contributed by atoms with van der Waals surface area (Å²) in [6.07, 6.45) is 0. The van der Waals surface area contributed by atoms with Crippen molar-refractivity contribution in [1.29, 1.82) is 0 Å². The quantitative estimate of drug-likeness (QED) is 0.738. The molecule has 0 aliphatic carbocycles. The molecule has 1 aromatic heterocycles. The summed E-state index contributed by atoms with van der Waals surface area (Å²) in [5, 5.41) is 2.11. The molecular weight excluding hydrogens is 260 g/mol. The van der Waals surface area contributed by atoms with Crippen molar-refractivity contribution >= 4 is 28.2 Å². The zero-order chi connectivity index (χ0) is 13.4. The molecule has 3 rings (SSSR count). The molecule has 0 saturated carbocycles. The Kier molecular flexibility index (Phi) is 2.76. The number of rotatable bonds is 1. The van der Waals surface area contributed by atoms with Gasteiger partial charge in [0.15, 0.2) is 0 Å². The van der Waals surface area contributed by atoms with Gasteiger partial charge in [0, 0.05) is 10.4 Å². The van der Waals surface area contributed by atoms with Crippen LogP contribution in [-0.2, 0) is 0 Å². The normalized spacial score (nSPS) is 10.8. The molecule has 1 heterocycles. The Morgan fingerprint density at radius 1 is 1.00 bits per heavy atom. The number of anilines is 1. The number of hydrogen-bond donors (Lipinski definition) is 1. The smallest absolute Gasteiger partial charge is 0.264 e. The van der Waals surface area contributed by atoms with Crippen LogP contribution in [-0.4, -0.2) is 4.57 Å². The van der Waals surface area contributed by atoms with E-state index in [0.29, 0.717) is 21.9 Å². The number of nitrogens with two attached hydrogens (primary N) is 1. The zero-order valence-corrected chi connectivity index (χ0v) is 10.8. The average molecular weight is 271 g/mol. The first-order chi connectivity index (χ1) is 9.16. The van der Waals surface area contributed by atoms with Gasteiger partial charge in [0.1, 0.15) is 5.82 Å². The van der Waals surface area contributed by atoms with Crippen molar-refractivity contribution in [1.82, 2.24) is 4.57 Å². The summed E-state index contributed by atoms with van der Waals surface area (Å²) in [5.74, 6) is 0.408. The highest BCUT2D eigenvalue weighted by Gasteiger charge is 2.08. The number of aromatic nitrogens is 1. The SMILES string of the molecule is Nc1cc2ccccc2c(=O)n1-c1ccc(Cl)cc1. The topological polar surface area (TPSA) is 48.0 Å². The number of hydrogen-bond acceptors (Lipinski definition) is 2. The molecule has 0 amide bonds. The van der Waals surface area contributed by atoms with E-state index in [4.69, 9.17) is 17.3 Å². The Balaban J connectivity index is 2.35. The molecule has 0 saturated heterocycles. The lowest BCUT2D eigenvalue weighted by Crippen LogP contribution is -2.21. The molecule has 0 bridgehead atoms. The summed E-state index contributed by atoms with van der Waals surface area (Å²) in [7, 11) is 0. The maximum atomic E-state index is 12.5. The summed E-state index contributed by atoms with van der Waals surface area (Å²) in [4.78, 5) is 12.5. The molecule has 3 nitrogen and oxygen atoms in total. The van der Waals surface area contributed by atoms with Gasteiger partial charge in [0.2, 0.25) is 0 Å². The van der Waals surface area contributed by atoms with E-state index in [1.807, 2.05) is 18.2 Å². The Morgan fingerprint density at radius 2 is 1.68 bits per heavy atom. The summed E-state index contributed by atoms with van der Waals surface area (Å²) in [5.41, 5.74) is 6.57. The van der Waals surface area contributed by atoms with Crippen molar-refractivity contribution in [2.24, 2.45) is 0 Å². The molecule has 0 fully saturated rings. The highest BCUT2D eigenvalue weighted by Crippen LogP contribution is 2.18. The van der Waals surface area contributed by atoms with Gasteiger partial charge in [-0.2, -0.15) is 0 Å². The molecule has 0 radical (unpaired) electrons. The van der Waals surface area contributed by atoms with Gasteiger partial charge in [0.25, 0.3) is 5.56 Å². The van der Waals surface area contributed by atoms with Gasteiger partial charge < -0.3 is 5.73 Å². The second kappa shape index (κ2) is 4.44. The van der Waals surface area contributed by atoms with E-state index in [9.17, 15) is 4.79 Å². The fourth-order valence-electron chi connectivity index (χ4n) is 2.14. The highest BCUT2D eigenvalue weighted by atomic mass is 35.5. The third-order valence-electron chi connectivity index (χ3n) is 3.04. The van der Waals surface area contributed by atoms with E-state index in [0.717, 1.165) is 5.39 Å². The van der Waals surface area contributed by atoms with Gasteiger partial charge >= 0.3 is 0 Å². The predicted octanol–water partition coefficient (Wildman–Crippen LogP) is 3.23. The lowest BCUT2D eigenvalue weighted by molar-refractivity contribution is 1.02. The van der Waals surface area contributed by atoms with Crippen LogP contribution in [0.5, 0.6) is 0 Å². The molecule has 0 aliphatic rings. The lowest BCUT2D eigenvalue weighted by atomic mass is 10.1. The first-order valence-electron chi connectivity index (χ1n) is 5.83. The molecular formula is C15H11ClN2O. The Labute approximate surface area is 114 Å². The molecule has 0 unspecified atom stereocenters. The van der Waals surface area contributed by atoms with Gasteiger partial charge in [-0.15, -0.1) is 0 Å². The summed E-state index contributed by atoms with van der Waals surface area (Å²) < 4.78 is 1.48. The summed E-state index contributed by atoms with van der Waals surface area (Å²) >= 11 is 5.86. The van der Waals surface area contributed by atoms with E-state index in [2.05, 4.69) is 0 Å². The molecule has 2 N–H and O–H groups in total. The van der Waals surface area contributed by atoms with Crippen LogP contribution in [0.1, 0.15) is 0 Å². The molecule has 4 heteroatoms. The second-order valence-corrected chi connectivity index (χ2v) is 4.71.